The minimum Gasteiger partial charge on any atom is -0.276 e. The summed E-state index contributed by atoms with van der Waals surface area (Å²) in [6.07, 6.45) is 1.82. The highest BCUT2D eigenvalue weighted by molar-refractivity contribution is 7.13. The molecule has 0 aliphatic heterocycles. The van der Waals surface area contributed by atoms with Gasteiger partial charge in [-0.2, -0.15) is 0 Å². The summed E-state index contributed by atoms with van der Waals surface area (Å²) < 4.78 is 2.15. The molecule has 102 valence electrons. The number of rotatable bonds is 2. The fourth-order valence-corrected chi connectivity index (χ4v) is 3.23. The molecule has 4 rings (SSSR count). The third-order valence-electron chi connectivity index (χ3n) is 3.51. The standard InChI is InChI=1S/C17H13N3S/c1-12-6-2-3-8-14(12)20-16-13(7-4-10-18-16)19-17(20)15-9-5-11-21-15/h2-11H,1H3. The van der Waals surface area contributed by atoms with E-state index in [0.29, 0.717) is 0 Å². The van der Waals surface area contributed by atoms with Crippen LogP contribution in [0, 0.1) is 6.92 Å². The third-order valence-corrected chi connectivity index (χ3v) is 4.38. The number of hydrogen-bond donors (Lipinski definition) is 0. The van der Waals surface area contributed by atoms with Crippen LogP contribution in [0.3, 0.4) is 0 Å². The van der Waals surface area contributed by atoms with Gasteiger partial charge >= 0.3 is 0 Å². The van der Waals surface area contributed by atoms with E-state index in [1.807, 2.05) is 18.3 Å². The van der Waals surface area contributed by atoms with E-state index in [0.717, 1.165) is 27.6 Å². The maximum atomic E-state index is 4.78. The van der Waals surface area contributed by atoms with Crippen LogP contribution in [-0.4, -0.2) is 14.5 Å². The SMILES string of the molecule is Cc1ccccc1-n1c(-c2cccs2)nc2cccnc21. The lowest BCUT2D eigenvalue weighted by Crippen LogP contribution is -1.99. The number of hydrogen-bond acceptors (Lipinski definition) is 3. The van der Waals surface area contributed by atoms with Crippen molar-refractivity contribution >= 4 is 22.5 Å². The van der Waals surface area contributed by atoms with E-state index in [1.165, 1.54) is 5.56 Å². The minimum atomic E-state index is 0.898. The number of benzene rings is 1. The second kappa shape index (κ2) is 4.82. The second-order valence-electron chi connectivity index (χ2n) is 4.88. The van der Waals surface area contributed by atoms with E-state index in [2.05, 4.69) is 58.3 Å². The number of thiophene rings is 1. The normalized spacial score (nSPS) is 11.1. The van der Waals surface area contributed by atoms with E-state index >= 15 is 0 Å². The van der Waals surface area contributed by atoms with Crippen LogP contribution in [0.2, 0.25) is 0 Å². The highest BCUT2D eigenvalue weighted by atomic mass is 32.1. The molecule has 0 unspecified atom stereocenters. The average Bonchev–Trinajstić information content (AvgIpc) is 3.15. The smallest absolute Gasteiger partial charge is 0.164 e. The Hall–Kier alpha value is -2.46. The van der Waals surface area contributed by atoms with Gasteiger partial charge < -0.3 is 0 Å². The zero-order chi connectivity index (χ0) is 14.2. The van der Waals surface area contributed by atoms with Crippen LogP contribution in [0.1, 0.15) is 5.56 Å². The lowest BCUT2D eigenvalue weighted by Gasteiger charge is -2.10. The number of para-hydroxylation sites is 1. The van der Waals surface area contributed by atoms with E-state index in [9.17, 15) is 0 Å². The summed E-state index contributed by atoms with van der Waals surface area (Å²) in [5.41, 5.74) is 4.15. The molecule has 1 aromatic carbocycles. The number of pyridine rings is 1. The monoisotopic (exact) mass is 291 g/mol. The molecular weight excluding hydrogens is 278 g/mol. The first-order valence-electron chi connectivity index (χ1n) is 6.78. The molecule has 0 radical (unpaired) electrons. The Balaban J connectivity index is 2.11. The van der Waals surface area contributed by atoms with Gasteiger partial charge in [0.1, 0.15) is 5.52 Å². The summed E-state index contributed by atoms with van der Waals surface area (Å²) in [6, 6.07) is 16.4. The zero-order valence-electron chi connectivity index (χ0n) is 11.5. The van der Waals surface area contributed by atoms with E-state index < -0.39 is 0 Å². The predicted octanol–water partition coefficient (Wildman–Crippen LogP) is 4.46. The maximum absolute atomic E-state index is 4.78. The molecule has 21 heavy (non-hydrogen) atoms. The molecule has 3 nitrogen and oxygen atoms in total. The highest BCUT2D eigenvalue weighted by Gasteiger charge is 2.16. The molecule has 0 amide bonds. The second-order valence-corrected chi connectivity index (χ2v) is 5.83. The Labute approximate surface area is 126 Å². The van der Waals surface area contributed by atoms with Crippen molar-refractivity contribution in [3.8, 4) is 16.4 Å². The fraction of sp³-hybridized carbons (Fsp3) is 0.0588. The lowest BCUT2D eigenvalue weighted by atomic mass is 10.2. The molecule has 0 bridgehead atoms. The van der Waals surface area contributed by atoms with Crippen LogP contribution in [0.15, 0.2) is 60.1 Å². The lowest BCUT2D eigenvalue weighted by molar-refractivity contribution is 1.06. The Morgan fingerprint density at radius 1 is 1.00 bits per heavy atom. The maximum Gasteiger partial charge on any atom is 0.164 e. The van der Waals surface area contributed by atoms with Gasteiger partial charge in [-0.05, 0) is 42.1 Å². The summed E-state index contributed by atoms with van der Waals surface area (Å²) in [5, 5.41) is 2.07. The molecule has 4 aromatic rings. The molecule has 0 saturated carbocycles. The number of aromatic nitrogens is 3. The van der Waals surface area contributed by atoms with Crippen molar-refractivity contribution in [1.82, 2.24) is 14.5 Å². The third kappa shape index (κ3) is 1.96. The Kier molecular flexibility index (Phi) is 2.82. The van der Waals surface area contributed by atoms with Crippen LogP contribution >= 0.6 is 11.3 Å². The molecule has 0 aliphatic rings. The Morgan fingerprint density at radius 3 is 2.71 bits per heavy atom. The largest absolute Gasteiger partial charge is 0.276 e. The van der Waals surface area contributed by atoms with Crippen molar-refractivity contribution in [2.24, 2.45) is 0 Å². The molecule has 0 aliphatic carbocycles. The van der Waals surface area contributed by atoms with Crippen LogP contribution in [0.4, 0.5) is 0 Å². The van der Waals surface area contributed by atoms with Crippen molar-refractivity contribution in [2.45, 2.75) is 6.92 Å². The van der Waals surface area contributed by atoms with Crippen molar-refractivity contribution < 1.29 is 0 Å². The molecule has 3 heterocycles. The van der Waals surface area contributed by atoms with Gasteiger partial charge in [0.05, 0.1) is 10.6 Å². The van der Waals surface area contributed by atoms with Gasteiger partial charge in [-0.25, -0.2) is 9.97 Å². The van der Waals surface area contributed by atoms with Gasteiger partial charge in [0.25, 0.3) is 0 Å². The van der Waals surface area contributed by atoms with Crippen LogP contribution in [0.25, 0.3) is 27.6 Å². The molecular formula is C17H13N3S. The summed E-state index contributed by atoms with van der Waals surface area (Å²) in [4.78, 5) is 10.5. The number of aryl methyl sites for hydroxylation is 1. The quantitative estimate of drug-likeness (QED) is 0.546. The van der Waals surface area contributed by atoms with E-state index in [-0.39, 0.29) is 0 Å². The molecule has 3 aromatic heterocycles. The van der Waals surface area contributed by atoms with Crippen LogP contribution < -0.4 is 0 Å². The molecule has 4 heteroatoms. The van der Waals surface area contributed by atoms with Gasteiger partial charge in [0, 0.05) is 6.20 Å². The summed E-state index contributed by atoms with van der Waals surface area (Å²) in [7, 11) is 0. The molecule has 0 spiro atoms. The Bertz CT molecular complexity index is 907. The van der Waals surface area contributed by atoms with Gasteiger partial charge in [-0.3, -0.25) is 4.57 Å². The van der Waals surface area contributed by atoms with Crippen LogP contribution in [0.5, 0.6) is 0 Å². The van der Waals surface area contributed by atoms with Gasteiger partial charge in [-0.15, -0.1) is 11.3 Å². The van der Waals surface area contributed by atoms with Gasteiger partial charge in [0.15, 0.2) is 11.5 Å². The number of nitrogens with zero attached hydrogens (tertiary/aromatic N) is 3. The zero-order valence-corrected chi connectivity index (χ0v) is 12.3. The van der Waals surface area contributed by atoms with Crippen molar-refractivity contribution in [3.63, 3.8) is 0 Å². The first-order valence-corrected chi connectivity index (χ1v) is 7.66. The number of fused-ring (bicyclic) bond motifs is 1. The first kappa shape index (κ1) is 12.3. The van der Waals surface area contributed by atoms with Gasteiger partial charge in [-0.1, -0.05) is 24.3 Å². The minimum absolute atomic E-state index is 0.898. The summed E-state index contributed by atoms with van der Waals surface area (Å²) in [5.74, 6) is 0.952. The Morgan fingerprint density at radius 2 is 1.90 bits per heavy atom. The number of imidazole rings is 1. The van der Waals surface area contributed by atoms with Gasteiger partial charge in [0.2, 0.25) is 0 Å². The topological polar surface area (TPSA) is 30.7 Å². The van der Waals surface area contributed by atoms with E-state index in [4.69, 9.17) is 4.98 Å². The van der Waals surface area contributed by atoms with Crippen LogP contribution in [-0.2, 0) is 0 Å². The highest BCUT2D eigenvalue weighted by Crippen LogP contribution is 2.31. The predicted molar refractivity (Wildman–Crippen MR) is 86.9 cm³/mol. The molecule has 0 atom stereocenters. The fourth-order valence-electron chi connectivity index (χ4n) is 2.53. The molecule has 0 saturated heterocycles. The van der Waals surface area contributed by atoms with Crippen molar-refractivity contribution in [2.75, 3.05) is 0 Å². The molecule has 0 N–H and O–H groups in total. The summed E-state index contributed by atoms with van der Waals surface area (Å²) in [6.45, 7) is 2.11. The summed E-state index contributed by atoms with van der Waals surface area (Å²) >= 11 is 1.69. The first-order chi connectivity index (χ1) is 10.3. The van der Waals surface area contributed by atoms with Crippen molar-refractivity contribution in [3.05, 3.63) is 65.7 Å². The van der Waals surface area contributed by atoms with Crippen molar-refractivity contribution in [1.29, 1.82) is 0 Å². The average molecular weight is 291 g/mol. The van der Waals surface area contributed by atoms with E-state index in [1.54, 1.807) is 11.3 Å². The molecule has 0 fully saturated rings.